The zero-order valence-corrected chi connectivity index (χ0v) is 16.9. The molecule has 0 spiro atoms. The van der Waals surface area contributed by atoms with Crippen molar-refractivity contribution in [3.63, 3.8) is 0 Å². The summed E-state index contributed by atoms with van der Waals surface area (Å²) in [6.07, 6.45) is 3.32. The Labute approximate surface area is 164 Å². The van der Waals surface area contributed by atoms with Crippen LogP contribution in [0.3, 0.4) is 0 Å². The van der Waals surface area contributed by atoms with Gasteiger partial charge in [-0.15, -0.1) is 11.3 Å². The van der Waals surface area contributed by atoms with Crippen molar-refractivity contribution in [2.45, 2.75) is 46.6 Å². The lowest BCUT2D eigenvalue weighted by Crippen LogP contribution is -2.27. The summed E-state index contributed by atoms with van der Waals surface area (Å²) in [6.45, 7) is 6.84. The second-order valence-electron chi connectivity index (χ2n) is 6.04. The summed E-state index contributed by atoms with van der Waals surface area (Å²) in [5.41, 5.74) is 1.09. The lowest BCUT2D eigenvalue weighted by molar-refractivity contribution is -0.116. The minimum atomic E-state index is -0.416. The Balaban J connectivity index is 1.85. The molecule has 0 aliphatic rings. The van der Waals surface area contributed by atoms with Crippen LogP contribution in [0, 0.1) is 0 Å². The Kier molecular flexibility index (Phi) is 8.26. The SMILES string of the molecule is CCCCCOc1ccc(C(=O)OCc2csc(N(CC)C(C)=O)n2)cc1. The van der Waals surface area contributed by atoms with E-state index in [4.69, 9.17) is 9.47 Å². The van der Waals surface area contributed by atoms with E-state index in [-0.39, 0.29) is 12.5 Å². The molecule has 0 aliphatic heterocycles. The van der Waals surface area contributed by atoms with Crippen molar-refractivity contribution < 1.29 is 19.1 Å². The van der Waals surface area contributed by atoms with Crippen molar-refractivity contribution >= 4 is 28.3 Å². The summed E-state index contributed by atoms with van der Waals surface area (Å²) in [4.78, 5) is 29.7. The number of carbonyl (C=O) groups excluding carboxylic acids is 2. The largest absolute Gasteiger partial charge is 0.494 e. The Bertz CT molecular complexity index is 743. The van der Waals surface area contributed by atoms with Crippen LogP contribution in [-0.4, -0.2) is 30.0 Å². The molecule has 0 atom stereocenters. The quantitative estimate of drug-likeness (QED) is 0.443. The fourth-order valence-corrected chi connectivity index (χ4v) is 3.35. The average Bonchev–Trinajstić information content (AvgIpc) is 3.12. The summed E-state index contributed by atoms with van der Waals surface area (Å²) in [5, 5.41) is 2.40. The number of aromatic nitrogens is 1. The van der Waals surface area contributed by atoms with Gasteiger partial charge in [0, 0.05) is 18.8 Å². The molecule has 0 unspecified atom stereocenters. The molecule has 0 fully saturated rings. The zero-order chi connectivity index (χ0) is 19.6. The number of rotatable bonds is 10. The Morgan fingerprint density at radius 2 is 1.89 bits per heavy atom. The van der Waals surface area contributed by atoms with E-state index in [0.29, 0.717) is 29.5 Å². The Morgan fingerprint density at radius 3 is 2.52 bits per heavy atom. The molecule has 0 radical (unpaired) electrons. The van der Waals surface area contributed by atoms with Crippen molar-refractivity contribution in [3.05, 3.63) is 40.9 Å². The molecule has 1 aromatic heterocycles. The molecule has 6 nitrogen and oxygen atoms in total. The molecule has 0 N–H and O–H groups in total. The van der Waals surface area contributed by atoms with E-state index in [9.17, 15) is 9.59 Å². The van der Waals surface area contributed by atoms with Gasteiger partial charge in [0.05, 0.1) is 17.9 Å². The maximum atomic E-state index is 12.2. The van der Waals surface area contributed by atoms with E-state index in [1.54, 1.807) is 34.5 Å². The highest BCUT2D eigenvalue weighted by Crippen LogP contribution is 2.21. The lowest BCUT2D eigenvalue weighted by Gasteiger charge is -2.14. The van der Waals surface area contributed by atoms with Crippen molar-refractivity contribution in [1.82, 2.24) is 4.98 Å². The van der Waals surface area contributed by atoms with Gasteiger partial charge in [-0.2, -0.15) is 0 Å². The van der Waals surface area contributed by atoms with E-state index >= 15 is 0 Å². The second kappa shape index (κ2) is 10.7. The van der Waals surface area contributed by atoms with Crippen LogP contribution in [0.2, 0.25) is 0 Å². The van der Waals surface area contributed by atoms with E-state index in [0.717, 1.165) is 25.0 Å². The number of nitrogens with zero attached hydrogens (tertiary/aromatic N) is 2. The molecule has 0 saturated carbocycles. The highest BCUT2D eigenvalue weighted by atomic mass is 32.1. The number of esters is 1. The summed E-state index contributed by atoms with van der Waals surface area (Å²) in [5.74, 6) is 0.268. The summed E-state index contributed by atoms with van der Waals surface area (Å²) in [7, 11) is 0. The highest BCUT2D eigenvalue weighted by molar-refractivity contribution is 7.14. The highest BCUT2D eigenvalue weighted by Gasteiger charge is 2.14. The third-order valence-corrected chi connectivity index (χ3v) is 4.84. The number of benzene rings is 1. The third kappa shape index (κ3) is 6.36. The smallest absolute Gasteiger partial charge is 0.338 e. The molecule has 1 heterocycles. The number of amides is 1. The van der Waals surface area contributed by atoms with Crippen LogP contribution in [0.5, 0.6) is 5.75 Å². The number of hydrogen-bond donors (Lipinski definition) is 0. The molecule has 146 valence electrons. The van der Waals surface area contributed by atoms with Crippen LogP contribution >= 0.6 is 11.3 Å². The van der Waals surface area contributed by atoms with Crippen LogP contribution in [0.15, 0.2) is 29.6 Å². The van der Waals surface area contributed by atoms with Gasteiger partial charge in [-0.3, -0.25) is 9.69 Å². The van der Waals surface area contributed by atoms with Crippen LogP contribution in [-0.2, 0) is 16.1 Å². The number of unbranched alkanes of at least 4 members (excludes halogenated alkanes) is 2. The van der Waals surface area contributed by atoms with Crippen LogP contribution < -0.4 is 9.64 Å². The predicted octanol–water partition coefficient (Wildman–Crippen LogP) is 4.44. The van der Waals surface area contributed by atoms with Gasteiger partial charge in [0.1, 0.15) is 12.4 Å². The van der Waals surface area contributed by atoms with Crippen molar-refractivity contribution in [2.24, 2.45) is 0 Å². The third-order valence-electron chi connectivity index (χ3n) is 3.92. The number of hydrogen-bond acceptors (Lipinski definition) is 6. The first kappa shape index (κ1) is 20.9. The van der Waals surface area contributed by atoms with Gasteiger partial charge in [-0.25, -0.2) is 9.78 Å². The maximum absolute atomic E-state index is 12.2. The fourth-order valence-electron chi connectivity index (χ4n) is 2.43. The van der Waals surface area contributed by atoms with Gasteiger partial charge >= 0.3 is 5.97 Å². The van der Waals surface area contributed by atoms with E-state index < -0.39 is 5.97 Å². The van der Waals surface area contributed by atoms with Gasteiger partial charge in [-0.05, 0) is 37.6 Å². The minimum absolute atomic E-state index is 0.0626. The molecular formula is C20H26N2O4S. The molecule has 27 heavy (non-hydrogen) atoms. The van der Waals surface area contributed by atoms with E-state index in [2.05, 4.69) is 11.9 Å². The first-order valence-corrected chi connectivity index (χ1v) is 10.1. The number of carbonyl (C=O) groups is 2. The molecular weight excluding hydrogens is 364 g/mol. The normalized spacial score (nSPS) is 10.5. The Hall–Kier alpha value is -2.41. The summed E-state index contributed by atoms with van der Waals surface area (Å²) >= 11 is 1.36. The molecule has 0 aliphatic carbocycles. The van der Waals surface area contributed by atoms with Gasteiger partial charge in [0.25, 0.3) is 0 Å². The molecule has 1 aromatic carbocycles. The van der Waals surface area contributed by atoms with Crippen molar-refractivity contribution in [2.75, 3.05) is 18.1 Å². The van der Waals surface area contributed by atoms with Crippen LogP contribution in [0.1, 0.15) is 56.1 Å². The molecule has 0 saturated heterocycles. The Morgan fingerprint density at radius 1 is 1.15 bits per heavy atom. The molecule has 7 heteroatoms. The monoisotopic (exact) mass is 390 g/mol. The van der Waals surface area contributed by atoms with Crippen LogP contribution in [0.4, 0.5) is 5.13 Å². The van der Waals surface area contributed by atoms with Gasteiger partial charge in [-0.1, -0.05) is 19.8 Å². The van der Waals surface area contributed by atoms with Crippen molar-refractivity contribution in [1.29, 1.82) is 0 Å². The topological polar surface area (TPSA) is 68.7 Å². The zero-order valence-electron chi connectivity index (χ0n) is 16.1. The molecule has 0 bridgehead atoms. The van der Waals surface area contributed by atoms with Gasteiger partial charge in [0.2, 0.25) is 5.91 Å². The number of thiazole rings is 1. The van der Waals surface area contributed by atoms with Gasteiger partial charge in [0.15, 0.2) is 5.13 Å². The van der Waals surface area contributed by atoms with Crippen LogP contribution in [0.25, 0.3) is 0 Å². The predicted molar refractivity (Wildman–Crippen MR) is 106 cm³/mol. The maximum Gasteiger partial charge on any atom is 0.338 e. The standard InChI is InChI=1S/C20H26N2O4S/c1-4-6-7-12-25-18-10-8-16(9-11-18)19(24)26-13-17-14-27-20(21-17)22(5-2)15(3)23/h8-11,14H,4-7,12-13H2,1-3H3. The second-order valence-corrected chi connectivity index (χ2v) is 6.88. The average molecular weight is 391 g/mol. The summed E-state index contributed by atoms with van der Waals surface area (Å²) in [6, 6.07) is 6.93. The first-order chi connectivity index (χ1) is 13.0. The lowest BCUT2D eigenvalue weighted by atomic mass is 10.2. The summed E-state index contributed by atoms with van der Waals surface area (Å²) < 4.78 is 10.9. The fraction of sp³-hybridized carbons (Fsp3) is 0.450. The first-order valence-electron chi connectivity index (χ1n) is 9.17. The van der Waals surface area contributed by atoms with E-state index in [1.165, 1.54) is 18.3 Å². The molecule has 1 amide bonds. The van der Waals surface area contributed by atoms with Gasteiger partial charge < -0.3 is 9.47 Å². The molecule has 2 aromatic rings. The number of anilines is 1. The molecule has 2 rings (SSSR count). The van der Waals surface area contributed by atoms with Crippen molar-refractivity contribution in [3.8, 4) is 5.75 Å². The number of ether oxygens (including phenoxy) is 2. The van der Waals surface area contributed by atoms with E-state index in [1.807, 2.05) is 6.92 Å². The minimum Gasteiger partial charge on any atom is -0.494 e.